The number of hydrogen-bond acceptors (Lipinski definition) is 1. The van der Waals surface area contributed by atoms with E-state index in [0.717, 1.165) is 12.6 Å². The second-order valence-corrected chi connectivity index (χ2v) is 2.54. The van der Waals surface area contributed by atoms with Crippen LogP contribution in [-0.2, 0) is 0 Å². The van der Waals surface area contributed by atoms with Crippen molar-refractivity contribution in [3.63, 3.8) is 0 Å². The van der Waals surface area contributed by atoms with Crippen molar-refractivity contribution in [2.75, 3.05) is 6.54 Å². The Kier molecular flexibility index (Phi) is 7.41. The van der Waals surface area contributed by atoms with Gasteiger partial charge in [-0.25, -0.2) is 0 Å². The van der Waals surface area contributed by atoms with Gasteiger partial charge in [0.2, 0.25) is 0 Å². The number of nitrogens with one attached hydrogen (secondary N) is 1. The predicted octanol–water partition coefficient (Wildman–Crippen LogP) is 0.938. The van der Waals surface area contributed by atoms with Crippen LogP contribution in [0.25, 0.3) is 0 Å². The average molecular weight is 159 g/mol. The standard InChI is InChI=1S/C7H15N.CH6Si/c1-2-8-7-5-3-4-6-7;1-2/h7-8H,2-6H2,1H3;1-2H3. The van der Waals surface area contributed by atoms with E-state index < -0.39 is 0 Å². The van der Waals surface area contributed by atoms with Gasteiger partial charge in [-0.05, 0) is 29.6 Å². The van der Waals surface area contributed by atoms with Crippen molar-refractivity contribution in [3.8, 4) is 0 Å². The molecular formula is C8H21NSi. The molecule has 2 heteroatoms. The topological polar surface area (TPSA) is 12.0 Å². The molecule has 0 amide bonds. The van der Waals surface area contributed by atoms with E-state index in [0.29, 0.717) is 0 Å². The third-order valence-electron chi connectivity index (χ3n) is 1.85. The van der Waals surface area contributed by atoms with Gasteiger partial charge in [-0.1, -0.05) is 26.3 Å². The summed E-state index contributed by atoms with van der Waals surface area (Å²) in [5.41, 5.74) is 0. The Hall–Kier alpha value is 0.177. The molecule has 10 heavy (non-hydrogen) atoms. The number of hydrogen-bond donors (Lipinski definition) is 1. The van der Waals surface area contributed by atoms with Crippen molar-refractivity contribution in [3.05, 3.63) is 0 Å². The summed E-state index contributed by atoms with van der Waals surface area (Å²) in [4.78, 5) is 0. The molecule has 1 aliphatic carbocycles. The molecule has 0 heterocycles. The molecule has 0 aliphatic heterocycles. The first kappa shape index (κ1) is 10.2. The minimum absolute atomic E-state index is 0.861. The highest BCUT2D eigenvalue weighted by molar-refractivity contribution is 6.05. The van der Waals surface area contributed by atoms with Crippen molar-refractivity contribution >= 4 is 10.2 Å². The summed E-state index contributed by atoms with van der Waals surface area (Å²) in [6, 6.07) is 0.861. The maximum absolute atomic E-state index is 3.44. The van der Waals surface area contributed by atoms with Crippen LogP contribution in [0.3, 0.4) is 0 Å². The Bertz CT molecular complexity index is 60.3. The second kappa shape index (κ2) is 7.29. The molecule has 0 atom stereocenters. The molecule has 1 saturated carbocycles. The molecule has 1 fully saturated rings. The quantitative estimate of drug-likeness (QED) is 0.591. The van der Waals surface area contributed by atoms with Gasteiger partial charge in [-0.15, -0.1) is 0 Å². The highest BCUT2D eigenvalue weighted by Crippen LogP contribution is 2.16. The van der Waals surface area contributed by atoms with Crippen molar-refractivity contribution in [2.24, 2.45) is 0 Å². The third kappa shape index (κ3) is 4.07. The lowest BCUT2D eigenvalue weighted by Gasteiger charge is -2.07. The molecule has 0 bridgehead atoms. The summed E-state index contributed by atoms with van der Waals surface area (Å²) in [6.45, 7) is 5.46. The Morgan fingerprint density at radius 3 is 2.20 bits per heavy atom. The summed E-state index contributed by atoms with van der Waals surface area (Å²) in [6.07, 6.45) is 5.71. The molecule has 0 spiro atoms. The van der Waals surface area contributed by atoms with E-state index in [4.69, 9.17) is 0 Å². The van der Waals surface area contributed by atoms with Gasteiger partial charge >= 0.3 is 0 Å². The Labute approximate surface area is 68.0 Å². The van der Waals surface area contributed by atoms with Crippen LogP contribution in [0.4, 0.5) is 0 Å². The fraction of sp³-hybridized carbons (Fsp3) is 1.00. The van der Waals surface area contributed by atoms with Crippen molar-refractivity contribution in [1.82, 2.24) is 5.32 Å². The molecule has 1 rings (SSSR count). The molecule has 0 unspecified atom stereocenters. The highest BCUT2D eigenvalue weighted by Gasteiger charge is 2.11. The lowest BCUT2D eigenvalue weighted by atomic mass is 10.2. The normalized spacial score (nSPS) is 18.6. The van der Waals surface area contributed by atoms with Crippen molar-refractivity contribution in [2.45, 2.75) is 45.2 Å². The summed E-state index contributed by atoms with van der Waals surface area (Å²) in [7, 11) is 1.31. The minimum Gasteiger partial charge on any atom is -0.314 e. The molecule has 62 valence electrons. The predicted molar refractivity (Wildman–Crippen MR) is 51.7 cm³/mol. The summed E-state index contributed by atoms with van der Waals surface area (Å²) in [5.74, 6) is 0. The third-order valence-corrected chi connectivity index (χ3v) is 1.85. The molecule has 0 aromatic rings. The van der Waals surface area contributed by atoms with Gasteiger partial charge in [0.25, 0.3) is 0 Å². The molecule has 0 radical (unpaired) electrons. The Balaban J connectivity index is 0.000000371. The molecule has 0 saturated heterocycles. The van der Waals surface area contributed by atoms with E-state index in [1.54, 1.807) is 0 Å². The van der Waals surface area contributed by atoms with E-state index in [-0.39, 0.29) is 0 Å². The van der Waals surface area contributed by atoms with Crippen LogP contribution in [0, 0.1) is 0 Å². The smallest absolute Gasteiger partial charge is 0.00669 e. The van der Waals surface area contributed by atoms with Crippen LogP contribution >= 0.6 is 0 Å². The molecule has 1 N–H and O–H groups in total. The van der Waals surface area contributed by atoms with Crippen LogP contribution < -0.4 is 5.32 Å². The van der Waals surface area contributed by atoms with Crippen molar-refractivity contribution in [1.29, 1.82) is 0 Å². The largest absolute Gasteiger partial charge is 0.314 e. The van der Waals surface area contributed by atoms with Crippen LogP contribution in [0.5, 0.6) is 0 Å². The van der Waals surface area contributed by atoms with Gasteiger partial charge in [0.15, 0.2) is 0 Å². The molecular weight excluding hydrogens is 138 g/mol. The first-order chi connectivity index (χ1) is 4.93. The van der Waals surface area contributed by atoms with Gasteiger partial charge in [-0.2, -0.15) is 0 Å². The maximum Gasteiger partial charge on any atom is 0.00669 e. The summed E-state index contributed by atoms with van der Waals surface area (Å²) in [5, 5.41) is 3.44. The molecule has 0 aromatic carbocycles. The molecule has 1 aliphatic rings. The van der Waals surface area contributed by atoms with Gasteiger partial charge in [0.1, 0.15) is 0 Å². The highest BCUT2D eigenvalue weighted by atomic mass is 28.1. The van der Waals surface area contributed by atoms with E-state index in [1.807, 2.05) is 0 Å². The Morgan fingerprint density at radius 2 is 1.80 bits per heavy atom. The van der Waals surface area contributed by atoms with Gasteiger partial charge < -0.3 is 5.32 Å². The number of rotatable bonds is 2. The van der Waals surface area contributed by atoms with Crippen LogP contribution in [0.2, 0.25) is 6.55 Å². The zero-order valence-corrected chi connectivity index (χ0v) is 9.61. The molecule has 0 aromatic heterocycles. The SMILES string of the molecule is CCNC1CCCC1.C[SiH3]. The first-order valence-electron chi connectivity index (χ1n) is 4.67. The summed E-state index contributed by atoms with van der Waals surface area (Å²) < 4.78 is 0. The van der Waals surface area contributed by atoms with Gasteiger partial charge in [-0.3, -0.25) is 0 Å². The van der Waals surface area contributed by atoms with Crippen LogP contribution in [0.15, 0.2) is 0 Å². The lowest BCUT2D eigenvalue weighted by Crippen LogP contribution is -2.24. The minimum atomic E-state index is 0.861. The van der Waals surface area contributed by atoms with E-state index in [9.17, 15) is 0 Å². The zero-order chi connectivity index (χ0) is 7.82. The maximum atomic E-state index is 3.44. The zero-order valence-electron chi connectivity index (χ0n) is 7.61. The van der Waals surface area contributed by atoms with E-state index in [1.165, 1.54) is 35.9 Å². The fourth-order valence-electron chi connectivity index (χ4n) is 1.42. The van der Waals surface area contributed by atoms with Gasteiger partial charge in [0, 0.05) is 6.04 Å². The summed E-state index contributed by atoms with van der Waals surface area (Å²) >= 11 is 0. The van der Waals surface area contributed by atoms with Crippen LogP contribution in [-0.4, -0.2) is 22.8 Å². The first-order valence-corrected chi connectivity index (χ1v) is 6.67. The van der Waals surface area contributed by atoms with Crippen LogP contribution in [0.1, 0.15) is 32.6 Å². The van der Waals surface area contributed by atoms with Crippen molar-refractivity contribution < 1.29 is 0 Å². The second-order valence-electron chi connectivity index (χ2n) is 2.54. The fourth-order valence-corrected chi connectivity index (χ4v) is 1.42. The molecule has 1 nitrogen and oxygen atoms in total. The van der Waals surface area contributed by atoms with E-state index in [2.05, 4.69) is 18.8 Å². The van der Waals surface area contributed by atoms with Gasteiger partial charge in [0.05, 0.1) is 0 Å². The van der Waals surface area contributed by atoms with E-state index >= 15 is 0 Å². The average Bonchev–Trinajstić information content (AvgIpc) is 2.46. The monoisotopic (exact) mass is 159 g/mol. The lowest BCUT2D eigenvalue weighted by molar-refractivity contribution is 0.542. The Morgan fingerprint density at radius 1 is 1.30 bits per heavy atom.